The van der Waals surface area contributed by atoms with Crippen molar-refractivity contribution in [3.05, 3.63) is 0 Å². The minimum atomic E-state index is -0.926. The normalized spacial score (nSPS) is 22.9. The van der Waals surface area contributed by atoms with Gasteiger partial charge in [-0.25, -0.2) is 0 Å². The maximum absolute atomic E-state index is 11.6. The number of nitrogens with zero attached hydrogens (tertiary/aromatic N) is 1. The molecule has 1 saturated heterocycles. The summed E-state index contributed by atoms with van der Waals surface area (Å²) in [5, 5.41) is 8.81. The molecule has 4 heteroatoms. The van der Waals surface area contributed by atoms with E-state index in [1.165, 1.54) is 4.90 Å². The Labute approximate surface area is 89.3 Å². The van der Waals surface area contributed by atoms with Gasteiger partial charge in [0.15, 0.2) is 0 Å². The molecule has 1 rings (SSSR count). The van der Waals surface area contributed by atoms with Gasteiger partial charge in [-0.05, 0) is 5.92 Å². The van der Waals surface area contributed by atoms with Gasteiger partial charge in [0, 0.05) is 13.0 Å². The van der Waals surface area contributed by atoms with Crippen molar-refractivity contribution in [3.63, 3.8) is 0 Å². The van der Waals surface area contributed by atoms with E-state index in [-0.39, 0.29) is 30.8 Å². The zero-order valence-electron chi connectivity index (χ0n) is 8.93. The van der Waals surface area contributed by atoms with E-state index in [1.54, 1.807) is 0 Å². The molecule has 4 nitrogen and oxygen atoms in total. The largest absolute Gasteiger partial charge is 0.481 e. The van der Waals surface area contributed by atoms with Crippen molar-refractivity contribution in [1.29, 1.82) is 0 Å². The lowest BCUT2D eigenvalue weighted by Crippen LogP contribution is -2.39. The van der Waals surface area contributed by atoms with E-state index in [1.807, 2.05) is 13.8 Å². The van der Waals surface area contributed by atoms with Gasteiger partial charge < -0.3 is 10.0 Å². The molecule has 0 radical (unpaired) electrons. The van der Waals surface area contributed by atoms with Crippen molar-refractivity contribution >= 4 is 11.9 Å². The van der Waals surface area contributed by atoms with Gasteiger partial charge in [-0.2, -0.15) is 0 Å². The first-order chi connectivity index (χ1) is 6.97. The van der Waals surface area contributed by atoms with Crippen LogP contribution in [0.5, 0.6) is 0 Å². The summed E-state index contributed by atoms with van der Waals surface area (Å²) in [5.41, 5.74) is 0. The van der Waals surface area contributed by atoms with Crippen LogP contribution in [0.25, 0.3) is 0 Å². The number of terminal acetylenes is 1. The molecule has 0 aliphatic carbocycles. The Morgan fingerprint density at radius 3 is 2.60 bits per heavy atom. The van der Waals surface area contributed by atoms with E-state index in [2.05, 4.69) is 5.92 Å². The minimum Gasteiger partial charge on any atom is -0.481 e. The summed E-state index contributed by atoms with van der Waals surface area (Å²) in [5.74, 6) is 1.01. The molecule has 2 atom stereocenters. The monoisotopic (exact) mass is 209 g/mol. The highest BCUT2D eigenvalue weighted by atomic mass is 16.4. The van der Waals surface area contributed by atoms with Crippen molar-refractivity contribution in [2.24, 2.45) is 11.8 Å². The second-order valence-electron chi connectivity index (χ2n) is 4.14. The first-order valence-electron chi connectivity index (χ1n) is 4.95. The molecule has 15 heavy (non-hydrogen) atoms. The highest BCUT2D eigenvalue weighted by molar-refractivity contribution is 5.86. The fourth-order valence-corrected chi connectivity index (χ4v) is 1.81. The average Bonchev–Trinajstić information content (AvgIpc) is 2.49. The molecule has 1 fully saturated rings. The van der Waals surface area contributed by atoms with E-state index in [0.717, 1.165) is 0 Å². The Kier molecular flexibility index (Phi) is 3.35. The van der Waals surface area contributed by atoms with Crippen LogP contribution in [0.3, 0.4) is 0 Å². The first kappa shape index (κ1) is 11.6. The maximum Gasteiger partial charge on any atom is 0.308 e. The smallest absolute Gasteiger partial charge is 0.308 e. The second kappa shape index (κ2) is 4.35. The maximum atomic E-state index is 11.6. The lowest BCUT2D eigenvalue weighted by atomic mass is 10.0. The Morgan fingerprint density at radius 1 is 1.67 bits per heavy atom. The number of likely N-dealkylation sites (tertiary alicyclic amines) is 1. The molecule has 0 aromatic heterocycles. The average molecular weight is 209 g/mol. The highest BCUT2D eigenvalue weighted by Crippen LogP contribution is 2.23. The van der Waals surface area contributed by atoms with Crippen LogP contribution in [-0.2, 0) is 9.59 Å². The molecule has 1 amide bonds. The third-order valence-electron chi connectivity index (χ3n) is 2.65. The van der Waals surface area contributed by atoms with Crippen LogP contribution in [0, 0.1) is 24.2 Å². The number of hydrogen-bond acceptors (Lipinski definition) is 2. The Bertz CT molecular complexity index is 316. The van der Waals surface area contributed by atoms with Crippen LogP contribution in [0.4, 0.5) is 0 Å². The van der Waals surface area contributed by atoms with Crippen molar-refractivity contribution in [3.8, 4) is 12.3 Å². The lowest BCUT2D eigenvalue weighted by Gasteiger charge is -2.26. The van der Waals surface area contributed by atoms with Gasteiger partial charge in [0.1, 0.15) is 0 Å². The molecular formula is C11H15NO3. The summed E-state index contributed by atoms with van der Waals surface area (Å²) < 4.78 is 0. The standard InChI is InChI=1S/C11H15NO3/c1-4-9(7(2)3)12-6-8(11(14)15)5-10(12)13/h1,7-9H,5-6H2,2-3H3,(H,14,15). The second-order valence-corrected chi connectivity index (χ2v) is 4.14. The summed E-state index contributed by atoms with van der Waals surface area (Å²) in [7, 11) is 0. The zero-order chi connectivity index (χ0) is 11.6. The number of carbonyl (C=O) groups excluding carboxylic acids is 1. The van der Waals surface area contributed by atoms with Gasteiger partial charge in [0.2, 0.25) is 5.91 Å². The Balaban J connectivity index is 2.77. The van der Waals surface area contributed by atoms with Crippen molar-refractivity contribution in [1.82, 2.24) is 4.90 Å². The van der Waals surface area contributed by atoms with Crippen LogP contribution in [0.1, 0.15) is 20.3 Å². The number of carboxylic acid groups (broad SMARTS) is 1. The van der Waals surface area contributed by atoms with Crippen LogP contribution in [0.15, 0.2) is 0 Å². The van der Waals surface area contributed by atoms with E-state index >= 15 is 0 Å². The van der Waals surface area contributed by atoms with Crippen LogP contribution >= 0.6 is 0 Å². The van der Waals surface area contributed by atoms with Crippen molar-refractivity contribution in [2.75, 3.05) is 6.54 Å². The van der Waals surface area contributed by atoms with Crippen LogP contribution in [-0.4, -0.2) is 34.5 Å². The van der Waals surface area contributed by atoms with E-state index in [4.69, 9.17) is 11.5 Å². The zero-order valence-corrected chi connectivity index (χ0v) is 8.93. The van der Waals surface area contributed by atoms with Gasteiger partial charge in [0.05, 0.1) is 12.0 Å². The third kappa shape index (κ3) is 2.30. The Morgan fingerprint density at radius 2 is 2.27 bits per heavy atom. The number of amides is 1. The number of rotatable bonds is 3. The predicted octanol–water partition coefficient (Wildman–Crippen LogP) is 0.577. The lowest BCUT2D eigenvalue weighted by molar-refractivity contribution is -0.141. The van der Waals surface area contributed by atoms with Gasteiger partial charge in [-0.15, -0.1) is 6.42 Å². The summed E-state index contributed by atoms with van der Waals surface area (Å²) in [6, 6.07) is -0.290. The molecule has 1 aliphatic rings. The molecule has 1 aliphatic heterocycles. The quantitative estimate of drug-likeness (QED) is 0.692. The third-order valence-corrected chi connectivity index (χ3v) is 2.65. The minimum absolute atomic E-state index is 0.0697. The van der Waals surface area contributed by atoms with E-state index < -0.39 is 11.9 Å². The molecule has 0 spiro atoms. The molecule has 0 bridgehead atoms. The first-order valence-corrected chi connectivity index (χ1v) is 4.95. The van der Waals surface area contributed by atoms with Gasteiger partial charge >= 0.3 is 5.97 Å². The molecular weight excluding hydrogens is 194 g/mol. The molecule has 0 saturated carbocycles. The van der Waals surface area contributed by atoms with Gasteiger partial charge in [-0.1, -0.05) is 19.8 Å². The molecule has 1 heterocycles. The molecule has 1 N–H and O–H groups in total. The molecule has 0 aromatic rings. The van der Waals surface area contributed by atoms with Gasteiger partial charge in [-0.3, -0.25) is 9.59 Å². The summed E-state index contributed by atoms with van der Waals surface area (Å²) in [4.78, 5) is 23.8. The van der Waals surface area contributed by atoms with E-state index in [0.29, 0.717) is 0 Å². The van der Waals surface area contributed by atoms with Gasteiger partial charge in [0.25, 0.3) is 0 Å². The fourth-order valence-electron chi connectivity index (χ4n) is 1.81. The Hall–Kier alpha value is -1.50. The SMILES string of the molecule is C#CC(C(C)C)N1CC(C(=O)O)CC1=O. The molecule has 2 unspecified atom stereocenters. The molecule has 82 valence electrons. The number of aliphatic carboxylic acids is 1. The van der Waals surface area contributed by atoms with Crippen LogP contribution in [0.2, 0.25) is 0 Å². The number of carbonyl (C=O) groups is 2. The van der Waals surface area contributed by atoms with E-state index in [9.17, 15) is 9.59 Å². The summed E-state index contributed by atoms with van der Waals surface area (Å²) in [6.45, 7) is 4.08. The predicted molar refractivity (Wildman–Crippen MR) is 54.9 cm³/mol. The van der Waals surface area contributed by atoms with Crippen molar-refractivity contribution < 1.29 is 14.7 Å². The number of carboxylic acids is 1. The number of hydrogen-bond donors (Lipinski definition) is 1. The summed E-state index contributed by atoms with van der Waals surface area (Å²) in [6.07, 6.45) is 5.42. The fraction of sp³-hybridized carbons (Fsp3) is 0.636. The van der Waals surface area contributed by atoms with Crippen molar-refractivity contribution in [2.45, 2.75) is 26.3 Å². The van der Waals surface area contributed by atoms with Crippen LogP contribution < -0.4 is 0 Å². The summed E-state index contributed by atoms with van der Waals surface area (Å²) >= 11 is 0. The molecule has 0 aromatic carbocycles. The highest BCUT2D eigenvalue weighted by Gasteiger charge is 2.38. The topological polar surface area (TPSA) is 57.6 Å².